The van der Waals surface area contributed by atoms with Gasteiger partial charge in [0.2, 0.25) is 0 Å². The summed E-state index contributed by atoms with van der Waals surface area (Å²) in [6.45, 7) is 5.04. The molecular weight excluding hydrogens is 305 g/mol. The number of hydrogen-bond acceptors (Lipinski definition) is 3. The number of hydrogen-bond donors (Lipinski definition) is 0. The van der Waals surface area contributed by atoms with Crippen LogP contribution in [0.15, 0.2) is 60.7 Å². The first kappa shape index (κ1) is 17.6. The molecule has 2 aromatic rings. The monoisotopic (exact) mass is 329 g/mol. The third-order valence-corrected chi connectivity index (χ3v) is 9.32. The summed E-state index contributed by atoms with van der Waals surface area (Å²) < 4.78 is 13.0. The molecule has 122 valence electrons. The first-order valence-corrected chi connectivity index (χ1v) is 10.3. The first-order valence-electron chi connectivity index (χ1n) is 8.02. The van der Waals surface area contributed by atoms with E-state index in [9.17, 15) is 5.26 Å². The van der Waals surface area contributed by atoms with E-state index < -0.39 is 7.06 Å². The summed E-state index contributed by atoms with van der Waals surface area (Å²) in [6, 6.07) is 22.5. The van der Waals surface area contributed by atoms with Gasteiger partial charge in [0.15, 0.2) is 0 Å². The molecule has 0 saturated heterocycles. The maximum atomic E-state index is 9.23. The standard InChI is InChI=1S/C19H24NO2P/c1-3-21-23(22-4-2,17-11-16-20,18-12-7-5-8-13-18)19-14-9-6-10-15-19/h5-10,12-15H,3-4,11,17H2,1-2H3. The molecule has 0 amide bonds. The molecule has 0 spiro atoms. The summed E-state index contributed by atoms with van der Waals surface area (Å²) in [7, 11) is -3.34. The molecule has 3 nitrogen and oxygen atoms in total. The third-order valence-electron chi connectivity index (χ3n) is 3.99. The van der Waals surface area contributed by atoms with Crippen LogP contribution in [0.1, 0.15) is 20.3 Å². The van der Waals surface area contributed by atoms with E-state index in [4.69, 9.17) is 9.05 Å². The Morgan fingerprint density at radius 3 is 1.61 bits per heavy atom. The first-order chi connectivity index (χ1) is 11.2. The summed E-state index contributed by atoms with van der Waals surface area (Å²) in [6.07, 6.45) is 0.958. The van der Waals surface area contributed by atoms with Crippen LogP contribution in [0.25, 0.3) is 0 Å². The normalized spacial score (nSPS) is 13.0. The molecule has 0 bridgehead atoms. The van der Waals surface area contributed by atoms with Crippen LogP contribution in [-0.2, 0) is 9.05 Å². The number of benzene rings is 2. The van der Waals surface area contributed by atoms with Gasteiger partial charge >= 0.3 is 138 Å². The second-order valence-corrected chi connectivity index (χ2v) is 9.51. The maximum absolute atomic E-state index is 9.23. The Morgan fingerprint density at radius 1 is 0.826 bits per heavy atom. The van der Waals surface area contributed by atoms with Gasteiger partial charge in [0.1, 0.15) is 0 Å². The van der Waals surface area contributed by atoms with Gasteiger partial charge in [-0.2, -0.15) is 0 Å². The van der Waals surface area contributed by atoms with E-state index in [0.717, 1.165) is 10.6 Å². The second kappa shape index (κ2) is 7.70. The van der Waals surface area contributed by atoms with Gasteiger partial charge in [0.25, 0.3) is 0 Å². The number of nitrogens with zero attached hydrogens (tertiary/aromatic N) is 1. The minimum absolute atomic E-state index is 0.390. The van der Waals surface area contributed by atoms with Crippen molar-refractivity contribution >= 4 is 17.7 Å². The van der Waals surface area contributed by atoms with Crippen molar-refractivity contribution in [2.75, 3.05) is 19.4 Å². The van der Waals surface area contributed by atoms with Crippen molar-refractivity contribution in [2.45, 2.75) is 20.3 Å². The molecule has 0 aliphatic rings. The van der Waals surface area contributed by atoms with E-state index in [-0.39, 0.29) is 0 Å². The Bertz CT molecular complexity index is 603. The molecule has 0 aliphatic heterocycles. The Kier molecular flexibility index (Phi) is 5.91. The van der Waals surface area contributed by atoms with Crippen LogP contribution in [0.4, 0.5) is 0 Å². The summed E-state index contributed by atoms with van der Waals surface area (Å²) in [5.41, 5.74) is 0. The van der Waals surface area contributed by atoms with Crippen molar-refractivity contribution in [1.29, 1.82) is 5.26 Å². The molecule has 2 aromatic carbocycles. The fraction of sp³-hybridized carbons (Fsp3) is 0.316. The molecule has 0 N–H and O–H groups in total. The van der Waals surface area contributed by atoms with Gasteiger partial charge in [-0.25, -0.2) is 0 Å². The van der Waals surface area contributed by atoms with Crippen molar-refractivity contribution in [1.82, 2.24) is 0 Å². The van der Waals surface area contributed by atoms with E-state index in [0.29, 0.717) is 25.8 Å². The molecule has 0 unspecified atom stereocenters. The molecule has 0 aromatic heterocycles. The average molecular weight is 329 g/mol. The Balaban J connectivity index is 2.80. The molecule has 0 radical (unpaired) electrons. The molecule has 0 atom stereocenters. The molecule has 0 fully saturated rings. The van der Waals surface area contributed by atoms with Crippen LogP contribution >= 0.6 is 7.06 Å². The van der Waals surface area contributed by atoms with Crippen molar-refractivity contribution < 1.29 is 9.05 Å². The minimum atomic E-state index is -3.34. The van der Waals surface area contributed by atoms with Gasteiger partial charge in [-0.15, -0.1) is 0 Å². The Labute approximate surface area is 139 Å². The molecule has 23 heavy (non-hydrogen) atoms. The Morgan fingerprint density at radius 2 is 1.26 bits per heavy atom. The summed E-state index contributed by atoms with van der Waals surface area (Å²) in [5.74, 6) is 0. The zero-order chi connectivity index (χ0) is 16.6. The average Bonchev–Trinajstić information content (AvgIpc) is 2.62. The van der Waals surface area contributed by atoms with Gasteiger partial charge < -0.3 is 0 Å². The van der Waals surface area contributed by atoms with Gasteiger partial charge in [-0.3, -0.25) is 0 Å². The number of nitriles is 1. The molecule has 4 heteroatoms. The molecular formula is C19H24NO2P. The zero-order valence-electron chi connectivity index (χ0n) is 13.8. The van der Waals surface area contributed by atoms with Crippen molar-refractivity contribution in [2.24, 2.45) is 0 Å². The fourth-order valence-electron chi connectivity index (χ4n) is 3.13. The zero-order valence-corrected chi connectivity index (χ0v) is 14.7. The van der Waals surface area contributed by atoms with Crippen molar-refractivity contribution in [3.63, 3.8) is 0 Å². The van der Waals surface area contributed by atoms with Gasteiger partial charge in [0.05, 0.1) is 0 Å². The van der Waals surface area contributed by atoms with Crippen LogP contribution in [0, 0.1) is 11.3 Å². The van der Waals surface area contributed by atoms with Crippen LogP contribution < -0.4 is 10.6 Å². The van der Waals surface area contributed by atoms with E-state index in [1.807, 2.05) is 50.2 Å². The molecule has 0 heterocycles. The van der Waals surface area contributed by atoms with Gasteiger partial charge in [0, 0.05) is 0 Å². The van der Waals surface area contributed by atoms with Crippen molar-refractivity contribution in [3.05, 3.63) is 60.7 Å². The predicted molar refractivity (Wildman–Crippen MR) is 97.4 cm³/mol. The van der Waals surface area contributed by atoms with Crippen LogP contribution in [0.2, 0.25) is 0 Å². The van der Waals surface area contributed by atoms with E-state index in [1.165, 1.54) is 0 Å². The predicted octanol–water partition coefficient (Wildman–Crippen LogP) is 4.01. The van der Waals surface area contributed by atoms with Crippen LogP contribution in [0.5, 0.6) is 0 Å². The quantitative estimate of drug-likeness (QED) is 0.687. The topological polar surface area (TPSA) is 42.2 Å². The summed E-state index contributed by atoms with van der Waals surface area (Å²) >= 11 is 0. The molecule has 0 aliphatic carbocycles. The van der Waals surface area contributed by atoms with Crippen LogP contribution in [-0.4, -0.2) is 19.4 Å². The van der Waals surface area contributed by atoms with Crippen molar-refractivity contribution in [3.8, 4) is 6.07 Å². The van der Waals surface area contributed by atoms with E-state index in [1.54, 1.807) is 0 Å². The Hall–Kier alpha value is -1.72. The summed E-state index contributed by atoms with van der Waals surface area (Å²) in [5, 5.41) is 11.3. The van der Waals surface area contributed by atoms with Gasteiger partial charge in [-0.1, -0.05) is 0 Å². The fourth-order valence-corrected chi connectivity index (χ4v) is 8.02. The van der Waals surface area contributed by atoms with E-state index >= 15 is 0 Å². The third kappa shape index (κ3) is 3.16. The van der Waals surface area contributed by atoms with Crippen LogP contribution in [0.3, 0.4) is 0 Å². The van der Waals surface area contributed by atoms with E-state index in [2.05, 4.69) is 30.3 Å². The second-order valence-electron chi connectivity index (χ2n) is 5.26. The molecule has 2 rings (SSSR count). The SMILES string of the molecule is CCOP(CCC#N)(OCC)(c1ccccc1)c1ccccc1. The number of rotatable bonds is 8. The van der Waals surface area contributed by atoms with Gasteiger partial charge in [-0.05, 0) is 0 Å². The molecule has 0 saturated carbocycles. The summed E-state index contributed by atoms with van der Waals surface area (Å²) in [4.78, 5) is 0.